The molecule has 1 saturated heterocycles. The van der Waals surface area contributed by atoms with E-state index in [4.69, 9.17) is 0 Å². The van der Waals surface area contributed by atoms with Gasteiger partial charge in [0.25, 0.3) is 0 Å². The molecular formula is C9H17NO. The lowest BCUT2D eigenvalue weighted by atomic mass is 9.85. The fraction of sp³-hybridized carbons (Fsp3) is 1.00. The van der Waals surface area contributed by atoms with Crippen molar-refractivity contribution in [2.24, 2.45) is 5.92 Å². The second kappa shape index (κ2) is 2.76. The van der Waals surface area contributed by atoms with E-state index in [9.17, 15) is 5.11 Å². The third-order valence-electron chi connectivity index (χ3n) is 3.28. The maximum Gasteiger partial charge on any atom is 0.0811 e. The minimum atomic E-state index is -0.337. The second-order valence-corrected chi connectivity index (χ2v) is 4.01. The molecule has 0 aromatic rings. The molecule has 11 heavy (non-hydrogen) atoms. The zero-order chi connectivity index (χ0) is 7.73. The summed E-state index contributed by atoms with van der Waals surface area (Å²) in [5.41, 5.74) is -0.337. The number of aliphatic hydroxyl groups is 1. The van der Waals surface area contributed by atoms with Crippen LogP contribution in [0.3, 0.4) is 0 Å². The van der Waals surface area contributed by atoms with E-state index in [0.717, 1.165) is 19.5 Å². The molecule has 0 amide bonds. The molecule has 0 aromatic heterocycles. The molecule has 2 fully saturated rings. The maximum atomic E-state index is 10.1. The van der Waals surface area contributed by atoms with Crippen LogP contribution in [0, 0.1) is 5.92 Å². The average Bonchev–Trinajstić information content (AvgIpc) is 2.55. The molecule has 0 bridgehead atoms. The van der Waals surface area contributed by atoms with Crippen LogP contribution in [0.5, 0.6) is 0 Å². The molecule has 1 aliphatic carbocycles. The van der Waals surface area contributed by atoms with Crippen LogP contribution in [0.4, 0.5) is 0 Å². The van der Waals surface area contributed by atoms with E-state index in [-0.39, 0.29) is 5.60 Å². The molecule has 0 aromatic carbocycles. The summed E-state index contributed by atoms with van der Waals surface area (Å²) in [5, 5.41) is 13.4. The van der Waals surface area contributed by atoms with Crippen molar-refractivity contribution in [2.75, 3.05) is 13.1 Å². The zero-order valence-electron chi connectivity index (χ0n) is 6.97. The first-order valence-electron chi connectivity index (χ1n) is 4.74. The van der Waals surface area contributed by atoms with Crippen LogP contribution in [0.25, 0.3) is 0 Å². The van der Waals surface area contributed by atoms with Gasteiger partial charge in [0.05, 0.1) is 5.60 Å². The lowest BCUT2D eigenvalue weighted by Crippen LogP contribution is -2.38. The van der Waals surface area contributed by atoms with Crippen molar-refractivity contribution in [3.63, 3.8) is 0 Å². The first-order chi connectivity index (χ1) is 5.31. The average molecular weight is 155 g/mol. The molecule has 1 unspecified atom stereocenters. The van der Waals surface area contributed by atoms with Gasteiger partial charge in [0, 0.05) is 6.54 Å². The Bertz CT molecular complexity index is 134. The molecule has 2 N–H and O–H groups in total. The molecule has 1 aliphatic heterocycles. The highest BCUT2D eigenvalue weighted by Gasteiger charge is 2.40. The molecule has 1 saturated carbocycles. The Morgan fingerprint density at radius 2 is 2.00 bits per heavy atom. The molecule has 0 spiro atoms. The van der Waals surface area contributed by atoms with Gasteiger partial charge in [0.1, 0.15) is 0 Å². The van der Waals surface area contributed by atoms with Crippen molar-refractivity contribution in [3.8, 4) is 0 Å². The lowest BCUT2D eigenvalue weighted by Gasteiger charge is -2.28. The van der Waals surface area contributed by atoms with Crippen LogP contribution >= 0.6 is 0 Å². The standard InChI is InChI=1S/C9H17NO/c11-9(5-6-10-7-9)8-3-1-2-4-8/h8,10-11H,1-7H2. The van der Waals surface area contributed by atoms with Crippen molar-refractivity contribution in [3.05, 3.63) is 0 Å². The summed E-state index contributed by atoms with van der Waals surface area (Å²) >= 11 is 0. The molecule has 2 heteroatoms. The number of hydrogen-bond donors (Lipinski definition) is 2. The van der Waals surface area contributed by atoms with Crippen LogP contribution in [0.2, 0.25) is 0 Å². The number of rotatable bonds is 1. The largest absolute Gasteiger partial charge is 0.388 e. The van der Waals surface area contributed by atoms with Gasteiger partial charge in [-0.25, -0.2) is 0 Å². The van der Waals surface area contributed by atoms with Gasteiger partial charge in [-0.15, -0.1) is 0 Å². The summed E-state index contributed by atoms with van der Waals surface area (Å²) in [6, 6.07) is 0. The Kier molecular flexibility index (Phi) is 1.90. The molecule has 64 valence electrons. The molecule has 2 nitrogen and oxygen atoms in total. The summed E-state index contributed by atoms with van der Waals surface area (Å²) in [5.74, 6) is 0.595. The van der Waals surface area contributed by atoms with Crippen LogP contribution in [0.1, 0.15) is 32.1 Å². The monoisotopic (exact) mass is 155 g/mol. The van der Waals surface area contributed by atoms with Gasteiger partial charge < -0.3 is 10.4 Å². The van der Waals surface area contributed by atoms with Crippen molar-refractivity contribution < 1.29 is 5.11 Å². The van der Waals surface area contributed by atoms with E-state index in [0.29, 0.717) is 5.92 Å². The predicted octanol–water partition coefficient (Wildman–Crippen LogP) is 0.901. The van der Waals surface area contributed by atoms with Crippen molar-refractivity contribution >= 4 is 0 Å². The topological polar surface area (TPSA) is 32.3 Å². The van der Waals surface area contributed by atoms with E-state index in [1.165, 1.54) is 25.7 Å². The highest BCUT2D eigenvalue weighted by Crippen LogP contribution is 2.37. The van der Waals surface area contributed by atoms with E-state index < -0.39 is 0 Å². The first-order valence-corrected chi connectivity index (χ1v) is 4.74. The van der Waals surface area contributed by atoms with Gasteiger partial charge in [-0.3, -0.25) is 0 Å². The highest BCUT2D eigenvalue weighted by atomic mass is 16.3. The second-order valence-electron chi connectivity index (χ2n) is 4.01. The minimum Gasteiger partial charge on any atom is -0.388 e. The summed E-state index contributed by atoms with van der Waals surface area (Å²) in [6.07, 6.45) is 6.12. The Labute approximate surface area is 68.0 Å². The van der Waals surface area contributed by atoms with Gasteiger partial charge in [-0.2, -0.15) is 0 Å². The summed E-state index contributed by atoms with van der Waals surface area (Å²) in [7, 11) is 0. The molecule has 1 atom stereocenters. The smallest absolute Gasteiger partial charge is 0.0811 e. The Morgan fingerprint density at radius 1 is 1.27 bits per heavy atom. The van der Waals surface area contributed by atoms with Crippen molar-refractivity contribution in [1.82, 2.24) is 5.32 Å². The van der Waals surface area contributed by atoms with E-state index >= 15 is 0 Å². The van der Waals surface area contributed by atoms with E-state index in [2.05, 4.69) is 5.32 Å². The fourth-order valence-corrected chi connectivity index (χ4v) is 2.51. The summed E-state index contributed by atoms with van der Waals surface area (Å²) in [6.45, 7) is 1.84. The predicted molar refractivity (Wildman–Crippen MR) is 44.4 cm³/mol. The van der Waals surface area contributed by atoms with Crippen molar-refractivity contribution in [1.29, 1.82) is 0 Å². The summed E-state index contributed by atoms with van der Waals surface area (Å²) < 4.78 is 0. The highest BCUT2D eigenvalue weighted by molar-refractivity contribution is 4.95. The van der Waals surface area contributed by atoms with Crippen molar-refractivity contribution in [2.45, 2.75) is 37.7 Å². The molecule has 0 radical (unpaired) electrons. The van der Waals surface area contributed by atoms with Crippen LogP contribution < -0.4 is 5.32 Å². The number of β-amino-alcohol motifs (C(OH)–C–C–N with tert-alkyl or cyclic N) is 1. The SMILES string of the molecule is OC1(C2CCCC2)CCNC1. The molecule has 2 aliphatic rings. The van der Waals surface area contributed by atoms with Crippen LogP contribution in [-0.4, -0.2) is 23.8 Å². The Hall–Kier alpha value is -0.0800. The number of hydrogen-bond acceptors (Lipinski definition) is 2. The minimum absolute atomic E-state index is 0.337. The maximum absolute atomic E-state index is 10.1. The van der Waals surface area contributed by atoms with Gasteiger partial charge in [0.15, 0.2) is 0 Å². The Morgan fingerprint density at radius 3 is 2.55 bits per heavy atom. The Balaban J connectivity index is 2.00. The first kappa shape index (κ1) is 7.56. The molecule has 1 heterocycles. The molecule has 2 rings (SSSR count). The zero-order valence-corrected chi connectivity index (χ0v) is 6.97. The fourth-order valence-electron chi connectivity index (χ4n) is 2.51. The lowest BCUT2D eigenvalue weighted by molar-refractivity contribution is 0.00300. The van der Waals surface area contributed by atoms with Gasteiger partial charge in [0.2, 0.25) is 0 Å². The third kappa shape index (κ3) is 1.30. The van der Waals surface area contributed by atoms with E-state index in [1.54, 1.807) is 0 Å². The third-order valence-corrected chi connectivity index (χ3v) is 3.28. The van der Waals surface area contributed by atoms with Crippen LogP contribution in [-0.2, 0) is 0 Å². The van der Waals surface area contributed by atoms with Gasteiger partial charge in [-0.05, 0) is 31.7 Å². The van der Waals surface area contributed by atoms with Crippen LogP contribution in [0.15, 0.2) is 0 Å². The quantitative estimate of drug-likeness (QED) is 0.589. The van der Waals surface area contributed by atoms with Gasteiger partial charge >= 0.3 is 0 Å². The normalized spacial score (nSPS) is 40.1. The summed E-state index contributed by atoms with van der Waals surface area (Å²) in [4.78, 5) is 0. The number of nitrogens with one attached hydrogen (secondary N) is 1. The molecular weight excluding hydrogens is 138 g/mol. The van der Waals surface area contributed by atoms with Gasteiger partial charge in [-0.1, -0.05) is 12.8 Å². The van der Waals surface area contributed by atoms with E-state index in [1.807, 2.05) is 0 Å².